The first-order valence-electron chi connectivity index (χ1n) is 5.68. The third-order valence-corrected chi connectivity index (χ3v) is 2.54. The molecule has 1 saturated heterocycles. The first-order chi connectivity index (χ1) is 7.40. The van der Waals surface area contributed by atoms with Crippen molar-refractivity contribution in [1.29, 1.82) is 0 Å². The van der Waals surface area contributed by atoms with Crippen LogP contribution >= 0.6 is 0 Å². The largest absolute Gasteiger partial charge is 0.407 e. The monoisotopic (exact) mass is 210 g/mol. The lowest BCUT2D eigenvalue weighted by Crippen LogP contribution is -2.17. The molecule has 0 aliphatic carbocycles. The predicted octanol–water partition coefficient (Wildman–Crippen LogP) is 1.17. The van der Waals surface area contributed by atoms with Gasteiger partial charge in [-0.2, -0.15) is 0 Å². The van der Waals surface area contributed by atoms with Gasteiger partial charge in [0, 0.05) is 13.1 Å². The molecular weight excluding hydrogens is 192 g/mol. The van der Waals surface area contributed by atoms with Crippen LogP contribution < -0.4 is 10.2 Å². The van der Waals surface area contributed by atoms with Crippen LogP contribution in [0, 0.1) is 0 Å². The van der Waals surface area contributed by atoms with Gasteiger partial charge in [0.25, 0.3) is 0 Å². The zero-order valence-corrected chi connectivity index (χ0v) is 9.20. The molecule has 0 atom stereocenters. The van der Waals surface area contributed by atoms with Gasteiger partial charge in [0.1, 0.15) is 0 Å². The van der Waals surface area contributed by atoms with Gasteiger partial charge in [-0.3, -0.25) is 0 Å². The van der Waals surface area contributed by atoms with E-state index in [9.17, 15) is 0 Å². The Morgan fingerprint density at radius 2 is 2.13 bits per heavy atom. The highest BCUT2D eigenvalue weighted by Gasteiger charge is 2.17. The maximum atomic E-state index is 5.56. The molecule has 0 amide bonds. The van der Waals surface area contributed by atoms with Gasteiger partial charge in [-0.05, 0) is 25.8 Å². The molecule has 0 saturated carbocycles. The summed E-state index contributed by atoms with van der Waals surface area (Å²) in [6, 6.07) is 0.681. The van der Waals surface area contributed by atoms with Crippen LogP contribution in [0.5, 0.6) is 0 Å². The Morgan fingerprint density at radius 1 is 1.33 bits per heavy atom. The summed E-state index contributed by atoms with van der Waals surface area (Å²) in [6.45, 7) is 5.89. The maximum Gasteiger partial charge on any atom is 0.318 e. The van der Waals surface area contributed by atoms with Gasteiger partial charge in [0.15, 0.2) is 0 Å². The molecule has 2 heterocycles. The number of nitrogens with one attached hydrogen (secondary N) is 1. The fraction of sp³-hybridized carbons (Fsp3) is 0.800. The predicted molar refractivity (Wildman–Crippen MR) is 57.7 cm³/mol. The molecule has 2 rings (SSSR count). The smallest absolute Gasteiger partial charge is 0.318 e. The van der Waals surface area contributed by atoms with E-state index in [0.29, 0.717) is 18.5 Å². The molecule has 1 aromatic rings. The molecule has 0 unspecified atom stereocenters. The standard InChI is InChI=1S/C10H18N4O/c1-2-5-11-8-9-12-13-10(15-9)14-6-3-4-7-14/h11H,2-8H2,1H3. The van der Waals surface area contributed by atoms with E-state index < -0.39 is 0 Å². The summed E-state index contributed by atoms with van der Waals surface area (Å²) in [4.78, 5) is 2.15. The van der Waals surface area contributed by atoms with Crippen molar-refractivity contribution in [2.45, 2.75) is 32.7 Å². The number of rotatable bonds is 5. The number of anilines is 1. The van der Waals surface area contributed by atoms with E-state index >= 15 is 0 Å². The molecule has 0 radical (unpaired) electrons. The second-order valence-corrected chi connectivity index (χ2v) is 3.85. The van der Waals surface area contributed by atoms with E-state index in [4.69, 9.17) is 4.42 Å². The SMILES string of the molecule is CCCNCc1nnc(N2CCCC2)o1. The lowest BCUT2D eigenvalue weighted by molar-refractivity contribution is 0.466. The van der Waals surface area contributed by atoms with Crippen molar-refractivity contribution in [3.63, 3.8) is 0 Å². The summed E-state index contributed by atoms with van der Waals surface area (Å²) in [5.41, 5.74) is 0. The third-order valence-electron chi connectivity index (χ3n) is 2.54. The van der Waals surface area contributed by atoms with E-state index in [2.05, 4.69) is 27.3 Å². The van der Waals surface area contributed by atoms with Crippen LogP contribution in [-0.2, 0) is 6.54 Å². The van der Waals surface area contributed by atoms with Crippen LogP contribution in [0.3, 0.4) is 0 Å². The van der Waals surface area contributed by atoms with E-state index in [1.54, 1.807) is 0 Å². The van der Waals surface area contributed by atoms with Crippen LogP contribution in [0.1, 0.15) is 32.1 Å². The summed E-state index contributed by atoms with van der Waals surface area (Å²) in [5.74, 6) is 0.686. The molecule has 0 spiro atoms. The van der Waals surface area contributed by atoms with E-state index in [1.807, 2.05) is 0 Å². The minimum Gasteiger partial charge on any atom is -0.407 e. The highest BCUT2D eigenvalue weighted by molar-refractivity contribution is 5.25. The number of hydrogen-bond donors (Lipinski definition) is 1. The summed E-state index contributed by atoms with van der Waals surface area (Å²) >= 11 is 0. The van der Waals surface area contributed by atoms with Crippen molar-refractivity contribution in [3.8, 4) is 0 Å². The molecule has 1 aliphatic heterocycles. The van der Waals surface area contributed by atoms with Crippen molar-refractivity contribution >= 4 is 6.01 Å². The Kier molecular flexibility index (Phi) is 3.55. The summed E-state index contributed by atoms with van der Waals surface area (Å²) in [6.07, 6.45) is 3.57. The molecule has 5 nitrogen and oxygen atoms in total. The molecule has 5 heteroatoms. The molecule has 1 aliphatic rings. The van der Waals surface area contributed by atoms with Crippen molar-refractivity contribution in [2.75, 3.05) is 24.5 Å². The normalized spacial score (nSPS) is 16.2. The molecule has 1 fully saturated rings. The van der Waals surface area contributed by atoms with Gasteiger partial charge in [-0.1, -0.05) is 12.0 Å². The Balaban J connectivity index is 1.86. The zero-order valence-electron chi connectivity index (χ0n) is 9.20. The molecule has 1 aromatic heterocycles. The first kappa shape index (κ1) is 10.4. The number of hydrogen-bond acceptors (Lipinski definition) is 5. The summed E-state index contributed by atoms with van der Waals surface area (Å²) in [7, 11) is 0. The molecule has 15 heavy (non-hydrogen) atoms. The highest BCUT2D eigenvalue weighted by Crippen LogP contribution is 2.17. The van der Waals surface area contributed by atoms with Crippen molar-refractivity contribution in [3.05, 3.63) is 5.89 Å². The summed E-state index contributed by atoms with van der Waals surface area (Å²) < 4.78 is 5.56. The zero-order chi connectivity index (χ0) is 10.5. The lowest BCUT2D eigenvalue weighted by Gasteiger charge is -2.09. The number of nitrogens with zero attached hydrogens (tertiary/aromatic N) is 3. The Morgan fingerprint density at radius 3 is 2.87 bits per heavy atom. The second-order valence-electron chi connectivity index (χ2n) is 3.85. The van der Waals surface area contributed by atoms with Gasteiger partial charge in [-0.15, -0.1) is 5.10 Å². The first-order valence-corrected chi connectivity index (χ1v) is 5.68. The average molecular weight is 210 g/mol. The molecule has 0 aromatic carbocycles. The molecule has 0 bridgehead atoms. The quantitative estimate of drug-likeness (QED) is 0.739. The van der Waals surface area contributed by atoms with E-state index in [-0.39, 0.29) is 0 Å². The van der Waals surface area contributed by atoms with Crippen LogP contribution in [0.4, 0.5) is 6.01 Å². The fourth-order valence-corrected chi connectivity index (χ4v) is 1.72. The van der Waals surface area contributed by atoms with Gasteiger partial charge < -0.3 is 14.6 Å². The minimum atomic E-state index is 0.675. The molecule has 1 N–H and O–H groups in total. The van der Waals surface area contributed by atoms with Gasteiger partial charge in [0.05, 0.1) is 6.54 Å². The highest BCUT2D eigenvalue weighted by atomic mass is 16.4. The van der Waals surface area contributed by atoms with Crippen molar-refractivity contribution in [2.24, 2.45) is 0 Å². The molecule has 84 valence electrons. The summed E-state index contributed by atoms with van der Waals surface area (Å²) in [5, 5.41) is 11.3. The van der Waals surface area contributed by atoms with E-state index in [0.717, 1.165) is 26.1 Å². The van der Waals surface area contributed by atoms with Crippen LogP contribution in [-0.4, -0.2) is 29.8 Å². The van der Waals surface area contributed by atoms with Gasteiger partial charge in [-0.25, -0.2) is 0 Å². The third kappa shape index (κ3) is 2.68. The Bertz CT molecular complexity index is 293. The number of aromatic nitrogens is 2. The lowest BCUT2D eigenvalue weighted by atomic mass is 10.4. The second kappa shape index (κ2) is 5.11. The van der Waals surface area contributed by atoms with Gasteiger partial charge in [0.2, 0.25) is 5.89 Å². The van der Waals surface area contributed by atoms with Crippen molar-refractivity contribution in [1.82, 2.24) is 15.5 Å². The average Bonchev–Trinajstić information content (AvgIpc) is 2.87. The fourth-order valence-electron chi connectivity index (χ4n) is 1.72. The Labute approximate surface area is 89.9 Å². The van der Waals surface area contributed by atoms with Crippen LogP contribution in [0.15, 0.2) is 4.42 Å². The molecular formula is C10H18N4O. The Hall–Kier alpha value is -1.10. The van der Waals surface area contributed by atoms with E-state index in [1.165, 1.54) is 12.8 Å². The van der Waals surface area contributed by atoms with Crippen LogP contribution in [0.2, 0.25) is 0 Å². The maximum absolute atomic E-state index is 5.56. The minimum absolute atomic E-state index is 0.675. The van der Waals surface area contributed by atoms with Crippen molar-refractivity contribution < 1.29 is 4.42 Å². The van der Waals surface area contributed by atoms with Gasteiger partial charge >= 0.3 is 6.01 Å². The topological polar surface area (TPSA) is 54.2 Å². The van der Waals surface area contributed by atoms with Crippen LogP contribution in [0.25, 0.3) is 0 Å².